The van der Waals surface area contributed by atoms with E-state index in [4.69, 9.17) is 4.74 Å². The zero-order chi connectivity index (χ0) is 14.9. The quantitative estimate of drug-likeness (QED) is 0.446. The average molecular weight is 266 g/mol. The number of hydrogen-bond acceptors (Lipinski definition) is 2. The van der Waals surface area contributed by atoms with E-state index in [-0.39, 0.29) is 11.4 Å². The maximum atomic E-state index is 10.8. The summed E-state index contributed by atoms with van der Waals surface area (Å²) in [7, 11) is 1.77. The SMILES string of the molecule is COC(C)(C)CCCC(C)C/C=C(C)/C=C/C(C)=O. The molecule has 19 heavy (non-hydrogen) atoms. The number of methoxy groups -OCH3 is 1. The van der Waals surface area contributed by atoms with Crippen LogP contribution in [0.5, 0.6) is 0 Å². The van der Waals surface area contributed by atoms with E-state index in [0.717, 1.165) is 12.8 Å². The van der Waals surface area contributed by atoms with Crippen LogP contribution in [-0.2, 0) is 9.53 Å². The van der Waals surface area contributed by atoms with Crippen molar-refractivity contribution in [3.63, 3.8) is 0 Å². The van der Waals surface area contributed by atoms with Crippen molar-refractivity contribution in [1.82, 2.24) is 0 Å². The van der Waals surface area contributed by atoms with Gasteiger partial charge in [-0.1, -0.05) is 37.5 Å². The van der Waals surface area contributed by atoms with Crippen LogP contribution in [-0.4, -0.2) is 18.5 Å². The smallest absolute Gasteiger partial charge is 0.152 e. The molecule has 0 aliphatic heterocycles. The van der Waals surface area contributed by atoms with Crippen molar-refractivity contribution in [2.75, 3.05) is 7.11 Å². The molecule has 110 valence electrons. The Hall–Kier alpha value is -0.890. The van der Waals surface area contributed by atoms with Crippen molar-refractivity contribution < 1.29 is 9.53 Å². The minimum absolute atomic E-state index is 0.00426. The van der Waals surface area contributed by atoms with E-state index in [1.165, 1.54) is 18.4 Å². The normalized spacial score (nSPS) is 14.9. The second-order valence-corrected chi connectivity index (χ2v) is 6.09. The van der Waals surface area contributed by atoms with Gasteiger partial charge in [0, 0.05) is 7.11 Å². The Morgan fingerprint density at radius 2 is 1.89 bits per heavy atom. The molecule has 0 amide bonds. The van der Waals surface area contributed by atoms with E-state index >= 15 is 0 Å². The van der Waals surface area contributed by atoms with E-state index in [0.29, 0.717) is 5.92 Å². The molecule has 2 nitrogen and oxygen atoms in total. The number of carbonyl (C=O) groups excluding carboxylic acids is 1. The van der Waals surface area contributed by atoms with Gasteiger partial charge in [-0.2, -0.15) is 0 Å². The lowest BCUT2D eigenvalue weighted by atomic mass is 9.94. The number of ketones is 1. The summed E-state index contributed by atoms with van der Waals surface area (Å²) in [6, 6.07) is 0. The van der Waals surface area contributed by atoms with Crippen LogP contribution in [0.3, 0.4) is 0 Å². The fraction of sp³-hybridized carbons (Fsp3) is 0.706. The standard InChI is InChI=1S/C17H30O2/c1-14(8-7-13-17(4,5)19-6)9-10-15(2)11-12-16(3)18/h10-12,14H,7-9,13H2,1-6H3/b12-11+,15-10+. The molecule has 0 heterocycles. The molecular weight excluding hydrogens is 236 g/mol. The Balaban J connectivity index is 3.96. The summed E-state index contributed by atoms with van der Waals surface area (Å²) in [5.74, 6) is 0.774. The Morgan fingerprint density at radius 1 is 1.26 bits per heavy atom. The van der Waals surface area contributed by atoms with E-state index in [2.05, 4.69) is 26.8 Å². The highest BCUT2D eigenvalue weighted by Gasteiger charge is 2.15. The molecule has 0 saturated heterocycles. The Kier molecular flexibility index (Phi) is 8.66. The highest BCUT2D eigenvalue weighted by atomic mass is 16.5. The van der Waals surface area contributed by atoms with Crippen LogP contribution in [0.4, 0.5) is 0 Å². The lowest BCUT2D eigenvalue weighted by Crippen LogP contribution is -2.22. The fourth-order valence-corrected chi connectivity index (χ4v) is 1.80. The van der Waals surface area contributed by atoms with Gasteiger partial charge in [0.15, 0.2) is 5.78 Å². The lowest BCUT2D eigenvalue weighted by molar-refractivity contribution is -0.112. The van der Waals surface area contributed by atoms with E-state index in [1.807, 2.05) is 13.0 Å². The summed E-state index contributed by atoms with van der Waals surface area (Å²) >= 11 is 0. The van der Waals surface area contributed by atoms with Gasteiger partial charge in [0.25, 0.3) is 0 Å². The van der Waals surface area contributed by atoms with Crippen LogP contribution in [0, 0.1) is 5.92 Å². The van der Waals surface area contributed by atoms with E-state index in [9.17, 15) is 4.79 Å². The number of rotatable bonds is 9. The molecule has 0 aliphatic rings. The van der Waals surface area contributed by atoms with Crippen molar-refractivity contribution >= 4 is 5.78 Å². The highest BCUT2D eigenvalue weighted by molar-refractivity contribution is 5.87. The molecule has 0 radical (unpaired) electrons. The van der Waals surface area contributed by atoms with E-state index < -0.39 is 0 Å². The zero-order valence-electron chi connectivity index (χ0n) is 13.5. The lowest BCUT2D eigenvalue weighted by Gasteiger charge is -2.23. The van der Waals surface area contributed by atoms with Gasteiger partial charge in [0.05, 0.1) is 5.60 Å². The molecule has 0 aliphatic carbocycles. The van der Waals surface area contributed by atoms with Gasteiger partial charge in [-0.25, -0.2) is 0 Å². The average Bonchev–Trinajstić information content (AvgIpc) is 2.33. The van der Waals surface area contributed by atoms with Gasteiger partial charge < -0.3 is 4.74 Å². The first-order valence-electron chi connectivity index (χ1n) is 7.17. The first-order chi connectivity index (χ1) is 8.76. The van der Waals surface area contributed by atoms with Crippen molar-refractivity contribution in [2.45, 2.75) is 65.9 Å². The monoisotopic (exact) mass is 266 g/mol. The van der Waals surface area contributed by atoms with Gasteiger partial charge in [0.2, 0.25) is 0 Å². The van der Waals surface area contributed by atoms with Crippen LogP contribution >= 0.6 is 0 Å². The first kappa shape index (κ1) is 18.1. The first-order valence-corrected chi connectivity index (χ1v) is 7.17. The summed E-state index contributed by atoms with van der Waals surface area (Å²) in [4.78, 5) is 10.8. The molecule has 0 fully saturated rings. The van der Waals surface area contributed by atoms with Crippen LogP contribution in [0.25, 0.3) is 0 Å². The second kappa shape index (κ2) is 9.08. The summed E-state index contributed by atoms with van der Waals surface area (Å²) in [5.41, 5.74) is 1.16. The molecule has 1 unspecified atom stereocenters. The predicted octanol–water partition coefficient (Wildman–Crippen LogP) is 4.70. The largest absolute Gasteiger partial charge is 0.379 e. The fourth-order valence-electron chi connectivity index (χ4n) is 1.80. The maximum absolute atomic E-state index is 10.8. The van der Waals surface area contributed by atoms with Crippen LogP contribution in [0.2, 0.25) is 0 Å². The molecule has 1 atom stereocenters. The summed E-state index contributed by atoms with van der Waals surface area (Å²) in [5, 5.41) is 0. The molecular formula is C17H30O2. The van der Waals surface area contributed by atoms with Gasteiger partial charge in [-0.3, -0.25) is 4.79 Å². The Labute approximate surface area is 118 Å². The molecule has 0 aromatic carbocycles. The van der Waals surface area contributed by atoms with Crippen LogP contribution in [0.1, 0.15) is 60.3 Å². The maximum Gasteiger partial charge on any atom is 0.152 e. The van der Waals surface area contributed by atoms with Crippen LogP contribution in [0.15, 0.2) is 23.8 Å². The molecule has 2 heteroatoms. The summed E-state index contributed by atoms with van der Waals surface area (Å²) in [6.45, 7) is 10.2. The predicted molar refractivity (Wildman–Crippen MR) is 82.3 cm³/mol. The molecule has 0 N–H and O–H groups in total. The molecule has 0 saturated carbocycles. The minimum atomic E-state index is -0.00426. The third-order valence-corrected chi connectivity index (χ3v) is 3.45. The third-order valence-electron chi connectivity index (χ3n) is 3.45. The van der Waals surface area contributed by atoms with Crippen LogP contribution < -0.4 is 0 Å². The van der Waals surface area contributed by atoms with Gasteiger partial charge >= 0.3 is 0 Å². The molecule has 0 aromatic rings. The number of carbonyl (C=O) groups is 1. The van der Waals surface area contributed by atoms with Crippen molar-refractivity contribution in [3.05, 3.63) is 23.8 Å². The van der Waals surface area contributed by atoms with Gasteiger partial charge in [0.1, 0.15) is 0 Å². The molecule has 0 rings (SSSR count). The molecule has 0 spiro atoms. The number of allylic oxidation sites excluding steroid dienone is 4. The van der Waals surface area contributed by atoms with Crippen molar-refractivity contribution in [2.24, 2.45) is 5.92 Å². The molecule has 0 aromatic heterocycles. The Bertz CT molecular complexity index is 324. The van der Waals surface area contributed by atoms with Gasteiger partial charge in [-0.05, 0) is 52.5 Å². The third kappa shape index (κ3) is 10.7. The topological polar surface area (TPSA) is 26.3 Å². The second-order valence-electron chi connectivity index (χ2n) is 6.09. The van der Waals surface area contributed by atoms with Crippen molar-refractivity contribution in [3.8, 4) is 0 Å². The summed E-state index contributed by atoms with van der Waals surface area (Å²) in [6.07, 6.45) is 10.3. The van der Waals surface area contributed by atoms with Gasteiger partial charge in [-0.15, -0.1) is 0 Å². The number of ether oxygens (including phenoxy) is 1. The zero-order valence-corrected chi connectivity index (χ0v) is 13.5. The van der Waals surface area contributed by atoms with E-state index in [1.54, 1.807) is 20.1 Å². The molecule has 0 bridgehead atoms. The van der Waals surface area contributed by atoms with Crippen molar-refractivity contribution in [1.29, 1.82) is 0 Å². The summed E-state index contributed by atoms with van der Waals surface area (Å²) < 4.78 is 5.42. The minimum Gasteiger partial charge on any atom is -0.379 e. The Morgan fingerprint density at radius 3 is 2.42 bits per heavy atom. The highest BCUT2D eigenvalue weighted by Crippen LogP contribution is 2.20. The number of hydrogen-bond donors (Lipinski definition) is 0.